The summed E-state index contributed by atoms with van der Waals surface area (Å²) in [5, 5.41) is 18.3. The van der Waals surface area contributed by atoms with E-state index in [1.165, 1.54) is 70.6 Å². The van der Waals surface area contributed by atoms with E-state index in [9.17, 15) is 24.2 Å². The minimum Gasteiger partial charge on any atom is -0.462 e. The summed E-state index contributed by atoms with van der Waals surface area (Å²) in [6, 6.07) is 0. The van der Waals surface area contributed by atoms with Crippen LogP contribution in [-0.2, 0) is 37.4 Å². The van der Waals surface area contributed by atoms with Crippen LogP contribution < -0.4 is 0 Å². The van der Waals surface area contributed by atoms with Gasteiger partial charge in [-0.2, -0.15) is 0 Å². The molecule has 11 nitrogen and oxygen atoms in total. The Morgan fingerprint density at radius 2 is 1.10 bits per heavy atom. The first-order valence-corrected chi connectivity index (χ1v) is 23.9. The molecule has 0 bridgehead atoms. The fourth-order valence-corrected chi connectivity index (χ4v) is 6.85. The Morgan fingerprint density at radius 1 is 0.621 bits per heavy atom. The number of aliphatic hydroxyl groups excluding tert-OH is 2. The predicted molar refractivity (Wildman–Crippen MR) is 232 cm³/mol. The number of epoxide rings is 1. The normalized spacial score (nSPS) is 17.9. The minimum absolute atomic E-state index is 0.112. The van der Waals surface area contributed by atoms with Crippen LogP contribution in [0.1, 0.15) is 168 Å². The monoisotopic (exact) mass is 839 g/mol. The van der Waals surface area contributed by atoms with Gasteiger partial charge in [-0.1, -0.05) is 164 Å². The zero-order valence-electron chi connectivity index (χ0n) is 35.9. The second kappa shape index (κ2) is 37.6. The number of hydrogen-bond acceptors (Lipinski definition) is 10. The van der Waals surface area contributed by atoms with Gasteiger partial charge in [-0.3, -0.25) is 18.6 Å². The van der Waals surface area contributed by atoms with E-state index in [0.717, 1.165) is 57.8 Å². The summed E-state index contributed by atoms with van der Waals surface area (Å²) in [6.45, 7) is 2.18. The summed E-state index contributed by atoms with van der Waals surface area (Å²) in [5.41, 5.74) is 0. The Bertz CT molecular complexity index is 1210. The van der Waals surface area contributed by atoms with E-state index in [4.69, 9.17) is 23.8 Å². The first kappa shape index (κ1) is 53.6. The van der Waals surface area contributed by atoms with Crippen molar-refractivity contribution >= 4 is 19.8 Å². The molecule has 1 heterocycles. The number of phosphoric ester groups is 1. The van der Waals surface area contributed by atoms with Gasteiger partial charge in [0.1, 0.15) is 12.7 Å². The Labute approximate surface area is 351 Å². The third-order valence-corrected chi connectivity index (χ3v) is 10.6. The van der Waals surface area contributed by atoms with Crippen LogP contribution in [-0.4, -0.2) is 77.9 Å². The van der Waals surface area contributed by atoms with E-state index < -0.39 is 51.8 Å². The maximum Gasteiger partial charge on any atom is 0.472 e. The highest BCUT2D eigenvalue weighted by Gasteiger charge is 2.36. The molecule has 0 spiro atoms. The lowest BCUT2D eigenvalue weighted by atomic mass is 10.0. The maximum absolute atomic E-state index is 12.6. The van der Waals surface area contributed by atoms with Crippen LogP contribution >= 0.6 is 7.82 Å². The third-order valence-electron chi connectivity index (χ3n) is 9.60. The first-order chi connectivity index (χ1) is 28.2. The van der Waals surface area contributed by atoms with Crippen LogP contribution in [0, 0.1) is 0 Å². The zero-order chi connectivity index (χ0) is 42.4. The molecule has 0 aromatic heterocycles. The van der Waals surface area contributed by atoms with Crippen molar-refractivity contribution in [1.82, 2.24) is 0 Å². The number of aliphatic hydroxyl groups is 2. The number of esters is 2. The Hall–Kier alpha value is -2.37. The molecule has 0 amide bonds. The molecule has 0 aromatic carbocycles. The van der Waals surface area contributed by atoms with E-state index in [0.29, 0.717) is 25.0 Å². The largest absolute Gasteiger partial charge is 0.472 e. The van der Waals surface area contributed by atoms with Crippen molar-refractivity contribution in [3.63, 3.8) is 0 Å². The van der Waals surface area contributed by atoms with Gasteiger partial charge in [-0.15, -0.1) is 0 Å². The number of ether oxygens (including phenoxy) is 3. The lowest BCUT2D eigenvalue weighted by Gasteiger charge is -2.20. The summed E-state index contributed by atoms with van der Waals surface area (Å²) >= 11 is 0. The topological polar surface area (TPSA) is 161 Å². The van der Waals surface area contributed by atoms with Gasteiger partial charge in [-0.05, 0) is 51.4 Å². The molecule has 1 aliphatic heterocycles. The van der Waals surface area contributed by atoms with E-state index >= 15 is 0 Å². The van der Waals surface area contributed by atoms with Gasteiger partial charge in [0, 0.05) is 12.8 Å². The smallest absolute Gasteiger partial charge is 0.462 e. The molecule has 58 heavy (non-hydrogen) atoms. The summed E-state index contributed by atoms with van der Waals surface area (Å²) in [6.07, 6.45) is 43.8. The quantitative estimate of drug-likeness (QED) is 0.0177. The molecule has 0 aliphatic carbocycles. The lowest BCUT2D eigenvalue weighted by molar-refractivity contribution is -0.161. The van der Waals surface area contributed by atoms with Crippen LogP contribution in [0.5, 0.6) is 0 Å². The SMILES string of the molecule is CC/C=C\CC1OC1C/C=C\C/C=C\C/C=C\C/C=C\CCC(=O)OC[C@H](COP(=O)(O)OC[C@@H](O)CO)OC(=O)CCCCCCCCCCCCCCCCC. The lowest BCUT2D eigenvalue weighted by Crippen LogP contribution is -2.29. The molecule has 0 aromatic rings. The molecule has 3 N–H and O–H groups in total. The first-order valence-electron chi connectivity index (χ1n) is 22.4. The molecule has 1 saturated heterocycles. The predicted octanol–water partition coefficient (Wildman–Crippen LogP) is 10.9. The fraction of sp³-hybridized carbons (Fsp3) is 0.739. The van der Waals surface area contributed by atoms with Crippen LogP contribution in [0.4, 0.5) is 0 Å². The maximum atomic E-state index is 12.6. The van der Waals surface area contributed by atoms with Crippen molar-refractivity contribution in [3.05, 3.63) is 60.8 Å². The summed E-state index contributed by atoms with van der Waals surface area (Å²) < 4.78 is 38.3. The second-order valence-electron chi connectivity index (χ2n) is 15.1. The molecule has 5 atom stereocenters. The molecular weight excluding hydrogens is 759 g/mol. The Morgan fingerprint density at radius 3 is 1.64 bits per heavy atom. The Kier molecular flexibility index (Phi) is 34.8. The number of rotatable bonds is 40. The van der Waals surface area contributed by atoms with Gasteiger partial charge in [0.15, 0.2) is 6.10 Å². The van der Waals surface area contributed by atoms with Crippen molar-refractivity contribution < 1.29 is 52.5 Å². The van der Waals surface area contributed by atoms with Gasteiger partial charge < -0.3 is 29.3 Å². The van der Waals surface area contributed by atoms with Crippen molar-refractivity contribution in [2.24, 2.45) is 0 Å². The van der Waals surface area contributed by atoms with Crippen LogP contribution in [0.3, 0.4) is 0 Å². The van der Waals surface area contributed by atoms with Crippen LogP contribution in [0.2, 0.25) is 0 Å². The van der Waals surface area contributed by atoms with Crippen molar-refractivity contribution in [1.29, 1.82) is 0 Å². The van der Waals surface area contributed by atoms with Crippen molar-refractivity contribution in [3.8, 4) is 0 Å². The second-order valence-corrected chi connectivity index (χ2v) is 16.5. The van der Waals surface area contributed by atoms with Gasteiger partial charge in [0.2, 0.25) is 0 Å². The van der Waals surface area contributed by atoms with Crippen molar-refractivity contribution in [2.45, 2.75) is 192 Å². The third kappa shape index (κ3) is 34.5. The van der Waals surface area contributed by atoms with Gasteiger partial charge >= 0.3 is 19.8 Å². The highest BCUT2D eigenvalue weighted by Crippen LogP contribution is 2.43. The summed E-state index contributed by atoms with van der Waals surface area (Å²) in [4.78, 5) is 35.0. The number of carbonyl (C=O) groups is 2. The molecule has 1 aliphatic rings. The van der Waals surface area contributed by atoms with Gasteiger partial charge in [0.05, 0.1) is 32.0 Å². The van der Waals surface area contributed by atoms with E-state index in [1.54, 1.807) is 0 Å². The number of hydrogen-bond donors (Lipinski definition) is 3. The number of phosphoric acid groups is 1. The highest BCUT2D eigenvalue weighted by molar-refractivity contribution is 7.47. The summed E-state index contributed by atoms with van der Waals surface area (Å²) in [7, 11) is -4.64. The average molecular weight is 839 g/mol. The minimum atomic E-state index is -4.64. The van der Waals surface area contributed by atoms with Crippen molar-refractivity contribution in [2.75, 3.05) is 26.4 Å². The van der Waals surface area contributed by atoms with Crippen LogP contribution in [0.25, 0.3) is 0 Å². The molecule has 334 valence electrons. The molecule has 1 fully saturated rings. The highest BCUT2D eigenvalue weighted by atomic mass is 31.2. The summed E-state index contributed by atoms with van der Waals surface area (Å²) in [5.74, 6) is -1.03. The average Bonchev–Trinajstić information content (AvgIpc) is 3.97. The molecule has 3 unspecified atom stereocenters. The number of carbonyl (C=O) groups excluding carboxylic acids is 2. The number of allylic oxidation sites excluding steroid dienone is 8. The van der Waals surface area contributed by atoms with E-state index in [-0.39, 0.29) is 19.4 Å². The molecule has 0 radical (unpaired) electrons. The van der Waals surface area contributed by atoms with Gasteiger partial charge in [0.25, 0.3) is 0 Å². The Balaban J connectivity index is 2.28. The molecule has 12 heteroatoms. The van der Waals surface area contributed by atoms with E-state index in [2.05, 4.69) is 67.0 Å². The fourth-order valence-electron chi connectivity index (χ4n) is 6.06. The van der Waals surface area contributed by atoms with Crippen LogP contribution in [0.15, 0.2) is 60.8 Å². The standard InChI is InChI=1S/C46H79O11P/c1-3-5-7-8-9-10-11-12-13-14-19-22-25-28-32-36-46(50)56-42(40-55-58(51,52)54-38-41(48)37-47)39-53-45(49)35-31-27-24-21-18-16-15-17-20-23-26-30-34-44-43(57-44)33-29-6-4-2/h6,16-18,20,24,26-27,29-30,41-44,47-48H,3-5,7-15,19,21-23,25,28,31-40H2,1-2H3,(H,51,52)/b18-16-,20-17-,27-24-,29-6-,30-26-/t41-,42+,43?,44?/m0/s1. The number of unbranched alkanes of at least 4 members (excludes halogenated alkanes) is 14. The molecule has 1 rings (SSSR count). The van der Waals surface area contributed by atoms with Gasteiger partial charge in [-0.25, -0.2) is 4.57 Å². The zero-order valence-corrected chi connectivity index (χ0v) is 36.8. The molecular formula is C46H79O11P. The molecule has 0 saturated carbocycles. The van der Waals surface area contributed by atoms with E-state index in [1.807, 2.05) is 12.2 Å².